The molecule has 0 atom stereocenters. The molecule has 0 N–H and O–H groups in total. The maximum atomic E-state index is 13.1. The maximum Gasteiger partial charge on any atom is 0.327 e. The van der Waals surface area contributed by atoms with Gasteiger partial charge in [-0.1, -0.05) is 11.6 Å². The number of likely N-dealkylation sites (tertiary alicyclic amines) is 1. The molecular formula is C16H17ClFN3O3. The lowest BCUT2D eigenvalue weighted by atomic mass is 9.86. The number of carbonyl (C=O) groups excluding carboxylic acids is 3. The summed E-state index contributed by atoms with van der Waals surface area (Å²) in [5.41, 5.74) is -0.650. The van der Waals surface area contributed by atoms with E-state index < -0.39 is 11.4 Å². The van der Waals surface area contributed by atoms with Crippen molar-refractivity contribution in [3.63, 3.8) is 0 Å². The van der Waals surface area contributed by atoms with Gasteiger partial charge in [-0.3, -0.25) is 14.5 Å². The first-order chi connectivity index (χ1) is 11.3. The minimum Gasteiger partial charge on any atom is -0.338 e. The second-order valence-electron chi connectivity index (χ2n) is 6.15. The van der Waals surface area contributed by atoms with E-state index in [9.17, 15) is 18.8 Å². The lowest BCUT2D eigenvalue weighted by Crippen LogP contribution is -2.56. The van der Waals surface area contributed by atoms with Gasteiger partial charge in [0.25, 0.3) is 11.8 Å². The average molecular weight is 354 g/mol. The Bertz CT molecular complexity index is 731. The van der Waals surface area contributed by atoms with Crippen LogP contribution in [0.15, 0.2) is 18.2 Å². The fourth-order valence-corrected chi connectivity index (χ4v) is 3.66. The molecule has 0 unspecified atom stereocenters. The minimum absolute atomic E-state index is 0.0595. The highest BCUT2D eigenvalue weighted by atomic mass is 35.5. The number of amides is 4. The number of piperidine rings is 1. The molecule has 2 aliphatic rings. The van der Waals surface area contributed by atoms with Crippen LogP contribution in [-0.4, -0.2) is 65.3 Å². The lowest BCUT2D eigenvalue weighted by molar-refractivity contribution is -0.134. The molecule has 128 valence electrons. The molecule has 2 heterocycles. The first-order valence-electron chi connectivity index (χ1n) is 7.58. The number of rotatable bonds is 1. The zero-order valence-electron chi connectivity index (χ0n) is 13.4. The van der Waals surface area contributed by atoms with E-state index in [0.717, 1.165) is 11.0 Å². The Kier molecular flexibility index (Phi) is 3.99. The smallest absolute Gasteiger partial charge is 0.327 e. The van der Waals surface area contributed by atoms with Gasteiger partial charge in [0.15, 0.2) is 0 Å². The van der Waals surface area contributed by atoms with Gasteiger partial charge >= 0.3 is 6.03 Å². The molecule has 4 amide bonds. The van der Waals surface area contributed by atoms with Crippen LogP contribution in [0.4, 0.5) is 9.18 Å². The van der Waals surface area contributed by atoms with Crippen molar-refractivity contribution in [3.8, 4) is 0 Å². The molecule has 0 saturated carbocycles. The van der Waals surface area contributed by atoms with Gasteiger partial charge in [0.05, 0.1) is 10.6 Å². The Morgan fingerprint density at radius 3 is 2.33 bits per heavy atom. The summed E-state index contributed by atoms with van der Waals surface area (Å²) in [6.45, 7) is 0.646. The van der Waals surface area contributed by atoms with Crippen molar-refractivity contribution in [1.29, 1.82) is 0 Å². The van der Waals surface area contributed by atoms with Crippen LogP contribution in [0.25, 0.3) is 0 Å². The summed E-state index contributed by atoms with van der Waals surface area (Å²) in [7, 11) is 3.07. The highest BCUT2D eigenvalue weighted by Gasteiger charge is 2.55. The molecule has 0 aromatic heterocycles. The molecule has 1 aromatic rings. The topological polar surface area (TPSA) is 60.9 Å². The molecule has 1 aromatic carbocycles. The van der Waals surface area contributed by atoms with Crippen LogP contribution < -0.4 is 0 Å². The Hall–Kier alpha value is -2.15. The summed E-state index contributed by atoms with van der Waals surface area (Å²) in [6.07, 6.45) is 0.728. The molecule has 2 aliphatic heterocycles. The van der Waals surface area contributed by atoms with Gasteiger partial charge < -0.3 is 9.80 Å². The van der Waals surface area contributed by atoms with E-state index in [-0.39, 0.29) is 28.4 Å². The second-order valence-corrected chi connectivity index (χ2v) is 6.56. The predicted octanol–water partition coefficient (Wildman–Crippen LogP) is 1.98. The molecular weight excluding hydrogens is 337 g/mol. The summed E-state index contributed by atoms with van der Waals surface area (Å²) in [4.78, 5) is 41.2. The monoisotopic (exact) mass is 353 g/mol. The molecule has 0 bridgehead atoms. The molecule has 2 fully saturated rings. The second kappa shape index (κ2) is 5.73. The Morgan fingerprint density at radius 1 is 1.21 bits per heavy atom. The Balaban J connectivity index is 1.77. The molecule has 3 rings (SSSR count). The number of hydrogen-bond donors (Lipinski definition) is 0. The number of benzene rings is 1. The van der Waals surface area contributed by atoms with Crippen molar-refractivity contribution in [3.05, 3.63) is 34.6 Å². The van der Waals surface area contributed by atoms with Crippen LogP contribution in [-0.2, 0) is 4.79 Å². The van der Waals surface area contributed by atoms with E-state index in [2.05, 4.69) is 0 Å². The van der Waals surface area contributed by atoms with Gasteiger partial charge in [-0.05, 0) is 31.0 Å². The normalized spacial score (nSPS) is 20.2. The van der Waals surface area contributed by atoms with Gasteiger partial charge in [0.2, 0.25) is 0 Å². The van der Waals surface area contributed by atoms with Crippen LogP contribution in [0.1, 0.15) is 23.2 Å². The van der Waals surface area contributed by atoms with Gasteiger partial charge in [0.1, 0.15) is 11.4 Å². The van der Waals surface area contributed by atoms with Gasteiger partial charge in [-0.2, -0.15) is 0 Å². The van der Waals surface area contributed by atoms with Crippen molar-refractivity contribution >= 4 is 29.4 Å². The van der Waals surface area contributed by atoms with Crippen molar-refractivity contribution in [2.75, 3.05) is 27.2 Å². The van der Waals surface area contributed by atoms with E-state index in [0.29, 0.717) is 25.9 Å². The molecule has 8 heteroatoms. The van der Waals surface area contributed by atoms with E-state index in [1.807, 2.05) is 0 Å². The van der Waals surface area contributed by atoms with Crippen molar-refractivity contribution in [2.45, 2.75) is 18.4 Å². The number of carbonyl (C=O) groups is 3. The third kappa shape index (κ3) is 2.34. The first kappa shape index (κ1) is 16.7. The summed E-state index contributed by atoms with van der Waals surface area (Å²) < 4.78 is 13.1. The molecule has 0 radical (unpaired) electrons. The van der Waals surface area contributed by atoms with Gasteiger partial charge in [0, 0.05) is 27.2 Å². The van der Waals surface area contributed by atoms with Crippen molar-refractivity contribution < 1.29 is 18.8 Å². The van der Waals surface area contributed by atoms with Gasteiger partial charge in [-0.25, -0.2) is 9.18 Å². The summed E-state index contributed by atoms with van der Waals surface area (Å²) in [5.74, 6) is -1.04. The number of urea groups is 1. The van der Waals surface area contributed by atoms with E-state index in [1.165, 1.54) is 24.1 Å². The SMILES string of the molecule is CN1C(=O)N(C)C2(CCN(C(=O)c3ccc(F)cc3Cl)CC2)C1=O. The largest absolute Gasteiger partial charge is 0.338 e. The zero-order chi connectivity index (χ0) is 17.6. The fourth-order valence-electron chi connectivity index (χ4n) is 3.41. The highest BCUT2D eigenvalue weighted by Crippen LogP contribution is 2.36. The Labute approximate surface area is 143 Å². The van der Waals surface area contributed by atoms with Crippen LogP contribution >= 0.6 is 11.6 Å². The molecule has 2 saturated heterocycles. The number of nitrogens with zero attached hydrogens (tertiary/aromatic N) is 3. The highest BCUT2D eigenvalue weighted by molar-refractivity contribution is 6.33. The summed E-state index contributed by atoms with van der Waals surface area (Å²) in [5, 5.41) is 0.0595. The van der Waals surface area contributed by atoms with Gasteiger partial charge in [-0.15, -0.1) is 0 Å². The Morgan fingerprint density at radius 2 is 1.83 bits per heavy atom. The first-order valence-corrected chi connectivity index (χ1v) is 7.96. The summed E-state index contributed by atoms with van der Waals surface area (Å²) in [6, 6.07) is 3.31. The number of likely N-dealkylation sites (N-methyl/N-ethyl adjacent to an activating group) is 2. The van der Waals surface area contributed by atoms with Crippen LogP contribution in [0.3, 0.4) is 0 Å². The predicted molar refractivity (Wildman–Crippen MR) is 85.2 cm³/mol. The molecule has 1 spiro atoms. The number of hydrogen-bond acceptors (Lipinski definition) is 3. The maximum absolute atomic E-state index is 13.1. The third-order valence-electron chi connectivity index (χ3n) is 4.96. The minimum atomic E-state index is -0.880. The molecule has 0 aliphatic carbocycles. The van der Waals surface area contributed by atoms with Crippen LogP contribution in [0, 0.1) is 5.82 Å². The van der Waals surface area contributed by atoms with Crippen LogP contribution in [0.5, 0.6) is 0 Å². The molecule has 24 heavy (non-hydrogen) atoms. The lowest BCUT2D eigenvalue weighted by Gasteiger charge is -2.40. The molecule has 6 nitrogen and oxygen atoms in total. The quantitative estimate of drug-likeness (QED) is 0.725. The fraction of sp³-hybridized carbons (Fsp3) is 0.438. The average Bonchev–Trinajstić information content (AvgIpc) is 2.71. The summed E-state index contributed by atoms with van der Waals surface area (Å²) >= 11 is 5.95. The third-order valence-corrected chi connectivity index (χ3v) is 5.27. The zero-order valence-corrected chi connectivity index (χ0v) is 14.1. The van der Waals surface area contributed by atoms with Crippen molar-refractivity contribution in [2.24, 2.45) is 0 Å². The standard InChI is InChI=1S/C16H17ClFN3O3/c1-19-14(23)16(20(2)15(19)24)5-7-21(8-6-16)13(22)11-4-3-10(18)9-12(11)17/h3-4,9H,5-8H2,1-2H3. The van der Waals surface area contributed by atoms with E-state index >= 15 is 0 Å². The number of halogens is 2. The van der Waals surface area contributed by atoms with E-state index in [4.69, 9.17) is 11.6 Å². The van der Waals surface area contributed by atoms with Crippen LogP contribution in [0.2, 0.25) is 5.02 Å². The number of imide groups is 1. The van der Waals surface area contributed by atoms with E-state index in [1.54, 1.807) is 11.9 Å². The van der Waals surface area contributed by atoms with Crippen molar-refractivity contribution in [1.82, 2.24) is 14.7 Å².